The van der Waals surface area contributed by atoms with Gasteiger partial charge in [0.05, 0.1) is 6.54 Å². The Hall–Kier alpha value is -3.38. The first kappa shape index (κ1) is 23.8. The van der Waals surface area contributed by atoms with E-state index in [0.29, 0.717) is 18.7 Å². The first-order chi connectivity index (χ1) is 16.5. The van der Waals surface area contributed by atoms with Crippen LogP contribution in [0.5, 0.6) is 17.2 Å². The first-order valence-corrected chi connectivity index (χ1v) is 11.7. The summed E-state index contributed by atoms with van der Waals surface area (Å²) in [6.45, 7) is 0.472. The van der Waals surface area contributed by atoms with Gasteiger partial charge in [0.1, 0.15) is 29.2 Å². The van der Waals surface area contributed by atoms with E-state index in [1.807, 2.05) is 36.4 Å². The number of likely N-dealkylation sites (N-methyl/N-ethyl adjacent to an activating group) is 1. The molecule has 1 aliphatic rings. The number of carboxylic acid groups (broad SMARTS) is 1. The van der Waals surface area contributed by atoms with Crippen molar-refractivity contribution in [2.24, 2.45) is 0 Å². The molecule has 0 saturated carbocycles. The highest BCUT2D eigenvalue weighted by molar-refractivity contribution is 5.69. The zero-order valence-electron chi connectivity index (χ0n) is 19.4. The molecule has 0 spiro atoms. The second-order valence-corrected chi connectivity index (χ2v) is 8.75. The number of aliphatic carboxylic acids is 1. The van der Waals surface area contributed by atoms with Crippen LogP contribution in [0.25, 0.3) is 0 Å². The number of hydrogen-bond acceptors (Lipinski definition) is 4. The van der Waals surface area contributed by atoms with Crippen molar-refractivity contribution in [2.75, 3.05) is 20.1 Å². The van der Waals surface area contributed by atoms with Crippen molar-refractivity contribution >= 4 is 5.97 Å². The molecule has 0 radical (unpaired) electrons. The molecule has 1 aliphatic carbocycles. The smallest absolute Gasteiger partial charge is 0.317 e. The molecule has 0 fully saturated rings. The molecular weight excluding hydrogens is 433 g/mol. The molecule has 0 aliphatic heterocycles. The molecule has 1 unspecified atom stereocenters. The van der Waals surface area contributed by atoms with Gasteiger partial charge in [-0.1, -0.05) is 24.3 Å². The van der Waals surface area contributed by atoms with Gasteiger partial charge in [0, 0.05) is 13.0 Å². The Kier molecular flexibility index (Phi) is 7.80. The van der Waals surface area contributed by atoms with E-state index in [0.717, 1.165) is 29.9 Å². The molecule has 1 atom stereocenters. The molecule has 178 valence electrons. The molecule has 1 N–H and O–H groups in total. The van der Waals surface area contributed by atoms with Crippen molar-refractivity contribution in [3.63, 3.8) is 0 Å². The molecular formula is C28H30FNO4. The van der Waals surface area contributed by atoms with E-state index in [1.54, 1.807) is 24.1 Å². The summed E-state index contributed by atoms with van der Waals surface area (Å²) < 4.78 is 25.9. The Labute approximate surface area is 199 Å². The number of carbonyl (C=O) groups is 1. The number of nitrogens with zero attached hydrogens (tertiary/aromatic N) is 1. The molecule has 3 aromatic rings. The fraction of sp³-hybridized carbons (Fsp3) is 0.321. The predicted octanol–water partition coefficient (Wildman–Crippen LogP) is 6.02. The molecule has 0 bridgehead atoms. The Bertz CT molecular complexity index is 1100. The monoisotopic (exact) mass is 463 g/mol. The summed E-state index contributed by atoms with van der Waals surface area (Å²) in [5, 5.41) is 9.00. The van der Waals surface area contributed by atoms with Crippen LogP contribution >= 0.6 is 0 Å². The van der Waals surface area contributed by atoms with E-state index >= 15 is 0 Å². The number of benzene rings is 3. The van der Waals surface area contributed by atoms with E-state index in [2.05, 4.69) is 6.07 Å². The molecule has 0 heterocycles. The third-order valence-corrected chi connectivity index (χ3v) is 6.10. The molecule has 34 heavy (non-hydrogen) atoms. The number of ether oxygens (including phenoxy) is 2. The fourth-order valence-corrected chi connectivity index (χ4v) is 4.34. The summed E-state index contributed by atoms with van der Waals surface area (Å²) in [4.78, 5) is 12.7. The predicted molar refractivity (Wildman–Crippen MR) is 129 cm³/mol. The zero-order chi connectivity index (χ0) is 23.9. The number of halogens is 1. The maximum Gasteiger partial charge on any atom is 0.317 e. The van der Waals surface area contributed by atoms with Gasteiger partial charge in [-0.25, -0.2) is 4.39 Å². The van der Waals surface area contributed by atoms with Crippen LogP contribution in [0, 0.1) is 5.82 Å². The summed E-state index contributed by atoms with van der Waals surface area (Å²) in [5.41, 5.74) is 3.51. The summed E-state index contributed by atoms with van der Waals surface area (Å²) in [6.07, 6.45) is 4.78. The van der Waals surface area contributed by atoms with Gasteiger partial charge in [0.15, 0.2) is 0 Å². The van der Waals surface area contributed by atoms with Crippen molar-refractivity contribution in [2.45, 2.75) is 38.2 Å². The lowest BCUT2D eigenvalue weighted by molar-refractivity contribution is -0.138. The van der Waals surface area contributed by atoms with Crippen LogP contribution in [0.2, 0.25) is 0 Å². The summed E-state index contributed by atoms with van der Waals surface area (Å²) in [5.74, 6) is 1.13. The third kappa shape index (κ3) is 6.35. The van der Waals surface area contributed by atoms with Gasteiger partial charge >= 0.3 is 5.97 Å². The van der Waals surface area contributed by atoms with Crippen molar-refractivity contribution in [1.82, 2.24) is 4.90 Å². The lowest BCUT2D eigenvalue weighted by atomic mass is 9.91. The highest BCUT2D eigenvalue weighted by atomic mass is 19.1. The van der Waals surface area contributed by atoms with Crippen LogP contribution in [0.3, 0.4) is 0 Å². The van der Waals surface area contributed by atoms with Gasteiger partial charge in [-0.2, -0.15) is 0 Å². The third-order valence-electron chi connectivity index (χ3n) is 6.10. The van der Waals surface area contributed by atoms with Crippen molar-refractivity contribution in [3.8, 4) is 17.2 Å². The van der Waals surface area contributed by atoms with Gasteiger partial charge in [-0.15, -0.1) is 0 Å². The number of hydrogen-bond donors (Lipinski definition) is 1. The Morgan fingerprint density at radius 1 is 1.00 bits per heavy atom. The maximum atomic E-state index is 13.4. The molecule has 0 saturated heterocycles. The van der Waals surface area contributed by atoms with Gasteiger partial charge in [0.2, 0.25) is 0 Å². The fourth-order valence-electron chi connectivity index (χ4n) is 4.34. The lowest BCUT2D eigenvalue weighted by Gasteiger charge is -2.23. The summed E-state index contributed by atoms with van der Waals surface area (Å²) in [7, 11) is 1.75. The average molecular weight is 464 g/mol. The largest absolute Gasteiger partial charge is 0.486 e. The minimum absolute atomic E-state index is 0.0502. The van der Waals surface area contributed by atoms with Gasteiger partial charge in [-0.3, -0.25) is 9.69 Å². The van der Waals surface area contributed by atoms with Gasteiger partial charge < -0.3 is 14.6 Å². The second-order valence-electron chi connectivity index (χ2n) is 8.75. The molecule has 5 nitrogen and oxygen atoms in total. The van der Waals surface area contributed by atoms with Crippen molar-refractivity contribution < 1.29 is 23.8 Å². The normalized spacial score (nSPS) is 13.9. The number of fused-ring (bicyclic) bond motifs is 1. The SMILES string of the molecule is CN(CCC(Oc1ccc(Oc2cccc3c2CCCC3)cc1)c1ccc(F)cc1)CC(=O)O. The molecule has 0 amide bonds. The van der Waals surface area contributed by atoms with E-state index < -0.39 is 5.97 Å². The Morgan fingerprint density at radius 2 is 1.71 bits per heavy atom. The van der Waals surface area contributed by atoms with E-state index in [4.69, 9.17) is 14.6 Å². The van der Waals surface area contributed by atoms with Gasteiger partial charge in [0.25, 0.3) is 0 Å². The first-order valence-electron chi connectivity index (χ1n) is 11.7. The quantitative estimate of drug-likeness (QED) is 0.398. The van der Waals surface area contributed by atoms with E-state index in [1.165, 1.54) is 36.1 Å². The number of aryl methyl sites for hydroxylation is 1. The minimum atomic E-state index is -0.878. The van der Waals surface area contributed by atoms with E-state index in [9.17, 15) is 9.18 Å². The van der Waals surface area contributed by atoms with Crippen molar-refractivity contribution in [3.05, 3.63) is 89.2 Å². The van der Waals surface area contributed by atoms with Crippen LogP contribution in [0.15, 0.2) is 66.7 Å². The summed E-state index contributed by atoms with van der Waals surface area (Å²) >= 11 is 0. The molecule has 0 aromatic heterocycles. The number of carboxylic acids is 1. The highest BCUT2D eigenvalue weighted by Gasteiger charge is 2.17. The van der Waals surface area contributed by atoms with E-state index in [-0.39, 0.29) is 18.5 Å². The molecule has 6 heteroatoms. The van der Waals surface area contributed by atoms with Gasteiger partial charge in [-0.05, 0) is 91.9 Å². The van der Waals surface area contributed by atoms with Crippen LogP contribution in [0.4, 0.5) is 4.39 Å². The van der Waals surface area contributed by atoms with Crippen LogP contribution in [-0.4, -0.2) is 36.1 Å². The van der Waals surface area contributed by atoms with Crippen molar-refractivity contribution in [1.29, 1.82) is 0 Å². The minimum Gasteiger partial charge on any atom is -0.486 e. The topological polar surface area (TPSA) is 59.0 Å². The van der Waals surface area contributed by atoms with Crippen LogP contribution in [-0.2, 0) is 17.6 Å². The second kappa shape index (κ2) is 11.2. The standard InChI is InChI=1S/C28H30FNO4/c1-30(19-28(31)32)18-17-26(21-9-11-22(29)12-10-21)33-23-13-15-24(16-14-23)34-27-8-4-6-20-5-2-3-7-25(20)27/h4,6,8-16,26H,2-3,5,7,17-19H2,1H3,(H,31,32). The Balaban J connectivity index is 1.45. The number of rotatable bonds is 10. The molecule has 3 aromatic carbocycles. The maximum absolute atomic E-state index is 13.4. The lowest BCUT2D eigenvalue weighted by Crippen LogP contribution is -2.28. The Morgan fingerprint density at radius 3 is 2.44 bits per heavy atom. The average Bonchev–Trinajstić information content (AvgIpc) is 2.83. The zero-order valence-corrected chi connectivity index (χ0v) is 19.4. The highest BCUT2D eigenvalue weighted by Crippen LogP contribution is 2.34. The molecule has 4 rings (SSSR count). The van der Waals surface area contributed by atoms with Crippen LogP contribution in [0.1, 0.15) is 42.1 Å². The van der Waals surface area contributed by atoms with Crippen LogP contribution < -0.4 is 9.47 Å². The summed E-state index contributed by atoms with van der Waals surface area (Å²) in [6, 6.07) is 20.0.